The van der Waals surface area contributed by atoms with Gasteiger partial charge in [-0.2, -0.15) is 4.31 Å². The van der Waals surface area contributed by atoms with Crippen LogP contribution >= 0.6 is 15.6 Å². The maximum Gasteiger partial charge on any atom is 1.00 e. The average Bonchev–Trinajstić information content (AvgIpc) is 1.48. The Kier molecular flexibility index (Phi) is 6.99. The van der Waals surface area contributed by atoms with Crippen LogP contribution < -0.4 is 29.6 Å². The minimum atomic E-state index is -5.13. The molecular weight excluding hydrogens is 237 g/mol. The zero-order valence-electron chi connectivity index (χ0n) is 7.78. The second-order valence-electron chi connectivity index (χ2n) is 1.62. The molecule has 13 heavy (non-hydrogen) atoms. The molecule has 74 valence electrons. The predicted octanol–water partition coefficient (Wildman–Crippen LogP) is -3.12. The topological polar surface area (TPSA) is 130 Å². The van der Waals surface area contributed by atoms with Crippen molar-refractivity contribution in [2.24, 2.45) is 0 Å². The number of carbonyl (C=O) groups excluding carboxylic acids is 1. The average molecular weight is 244 g/mol. The molecule has 3 N–H and O–H groups in total. The molecule has 1 unspecified atom stereocenters. The van der Waals surface area contributed by atoms with E-state index in [0.717, 1.165) is 6.92 Å². The van der Waals surface area contributed by atoms with E-state index >= 15 is 0 Å². The first-order valence-electron chi connectivity index (χ1n) is 2.42. The molecule has 11 heteroatoms. The summed E-state index contributed by atoms with van der Waals surface area (Å²) in [6, 6.07) is 0. The zero-order valence-corrected chi connectivity index (χ0v) is 10.6. The summed E-state index contributed by atoms with van der Waals surface area (Å²) >= 11 is 0. The van der Waals surface area contributed by atoms with E-state index in [-0.39, 0.29) is 31.0 Å². The van der Waals surface area contributed by atoms with E-state index in [1.807, 2.05) is 0 Å². The summed E-state index contributed by atoms with van der Waals surface area (Å²) in [6.07, 6.45) is 0. The first kappa shape index (κ1) is 16.2. The van der Waals surface area contributed by atoms with Crippen molar-refractivity contribution in [1.29, 1.82) is 0 Å². The molecule has 0 saturated carbocycles. The molecule has 0 bridgehead atoms. The van der Waals surface area contributed by atoms with Crippen molar-refractivity contribution in [1.82, 2.24) is 0 Å². The Morgan fingerprint density at radius 3 is 1.92 bits per heavy atom. The molecular formula is C2H7NaO8P2. The van der Waals surface area contributed by atoms with Gasteiger partial charge >= 0.3 is 51.2 Å². The summed E-state index contributed by atoms with van der Waals surface area (Å²) in [6.45, 7) is 0.784. The normalized spacial score (nSPS) is 15.4. The smallest absolute Gasteiger partial charge is 1.00 e. The van der Waals surface area contributed by atoms with E-state index in [0.29, 0.717) is 0 Å². The van der Waals surface area contributed by atoms with E-state index in [1.165, 1.54) is 0 Å². The van der Waals surface area contributed by atoms with Gasteiger partial charge in [-0.3, -0.25) is 9.69 Å². The molecule has 8 nitrogen and oxygen atoms in total. The van der Waals surface area contributed by atoms with Gasteiger partial charge in [0, 0.05) is 6.92 Å². The maximum atomic E-state index is 10.4. The minimum absolute atomic E-state index is 0. The van der Waals surface area contributed by atoms with E-state index in [2.05, 4.69) is 8.83 Å². The molecule has 0 fully saturated rings. The molecule has 0 heterocycles. The van der Waals surface area contributed by atoms with Gasteiger partial charge in [0.25, 0.3) is 0 Å². The van der Waals surface area contributed by atoms with Crippen LogP contribution in [0.2, 0.25) is 0 Å². The molecule has 1 atom stereocenters. The van der Waals surface area contributed by atoms with Crippen LogP contribution in [0.1, 0.15) is 8.35 Å². The van der Waals surface area contributed by atoms with Gasteiger partial charge in [0.2, 0.25) is 0 Å². The van der Waals surface area contributed by atoms with Crippen LogP contribution in [0.5, 0.6) is 0 Å². The molecule has 0 aromatic rings. The van der Waals surface area contributed by atoms with E-state index in [4.69, 9.17) is 14.7 Å². The Morgan fingerprint density at radius 2 is 1.69 bits per heavy atom. The van der Waals surface area contributed by atoms with E-state index in [1.54, 1.807) is 0 Å². The summed E-state index contributed by atoms with van der Waals surface area (Å²) in [4.78, 5) is 34.5. The SMILES string of the molecule is CC(=O)OP(=O)(O)OP(=O)(O)O.[H-].[Na+]. The summed E-state index contributed by atoms with van der Waals surface area (Å²) in [7, 11) is -10.1. The number of phosphoric acid groups is 2. The van der Waals surface area contributed by atoms with Gasteiger partial charge in [0.1, 0.15) is 0 Å². The van der Waals surface area contributed by atoms with Crippen LogP contribution in [0, 0.1) is 0 Å². The fourth-order valence-corrected chi connectivity index (χ4v) is 1.85. The number of hydrogen-bond donors (Lipinski definition) is 3. The second kappa shape index (κ2) is 5.60. The van der Waals surface area contributed by atoms with Crippen molar-refractivity contribution >= 4 is 21.6 Å². The van der Waals surface area contributed by atoms with Crippen LogP contribution in [0.15, 0.2) is 0 Å². The number of phosphoric ester groups is 1. The molecule has 0 aromatic carbocycles. The Morgan fingerprint density at radius 1 is 1.31 bits per heavy atom. The summed E-state index contributed by atoms with van der Waals surface area (Å²) in [5.74, 6) is -1.19. The molecule has 0 aliphatic carbocycles. The molecule has 0 aliphatic heterocycles. The first-order chi connectivity index (χ1) is 5.12. The summed E-state index contributed by atoms with van der Waals surface area (Å²) in [5, 5.41) is 0. The van der Waals surface area contributed by atoms with Gasteiger partial charge < -0.3 is 15.7 Å². The summed E-state index contributed by atoms with van der Waals surface area (Å²) in [5.41, 5.74) is 0. The van der Waals surface area contributed by atoms with Crippen LogP contribution in [0.4, 0.5) is 0 Å². The predicted molar refractivity (Wildman–Crippen MR) is 35.8 cm³/mol. The van der Waals surface area contributed by atoms with Crippen molar-refractivity contribution in [3.8, 4) is 0 Å². The maximum absolute atomic E-state index is 10.4. The molecule has 0 aromatic heterocycles. The third kappa shape index (κ3) is 10.7. The van der Waals surface area contributed by atoms with Crippen molar-refractivity contribution in [3.05, 3.63) is 0 Å². The third-order valence-corrected chi connectivity index (χ3v) is 2.62. The fourth-order valence-electron chi connectivity index (χ4n) is 0.314. The van der Waals surface area contributed by atoms with Crippen LogP contribution in [0.3, 0.4) is 0 Å². The van der Waals surface area contributed by atoms with Crippen molar-refractivity contribution in [2.45, 2.75) is 6.92 Å². The van der Waals surface area contributed by atoms with Crippen molar-refractivity contribution < 1.29 is 68.4 Å². The molecule has 0 rings (SSSR count). The van der Waals surface area contributed by atoms with Crippen LogP contribution in [-0.2, 0) is 22.8 Å². The first-order valence-corrected chi connectivity index (χ1v) is 5.45. The van der Waals surface area contributed by atoms with Gasteiger partial charge in [0.15, 0.2) is 0 Å². The molecule has 0 saturated heterocycles. The van der Waals surface area contributed by atoms with Crippen LogP contribution in [0.25, 0.3) is 0 Å². The van der Waals surface area contributed by atoms with Crippen LogP contribution in [-0.4, -0.2) is 20.6 Å². The van der Waals surface area contributed by atoms with E-state index in [9.17, 15) is 13.9 Å². The van der Waals surface area contributed by atoms with Gasteiger partial charge in [-0.05, 0) is 0 Å². The molecule has 0 amide bonds. The molecule has 0 aliphatic rings. The molecule has 0 radical (unpaired) electrons. The van der Waals surface area contributed by atoms with Gasteiger partial charge in [-0.1, -0.05) is 0 Å². The number of carbonyl (C=O) groups is 1. The van der Waals surface area contributed by atoms with Crippen molar-refractivity contribution in [3.63, 3.8) is 0 Å². The second-order valence-corrected chi connectivity index (χ2v) is 4.38. The van der Waals surface area contributed by atoms with E-state index < -0.39 is 21.6 Å². The van der Waals surface area contributed by atoms with Gasteiger partial charge in [0.05, 0.1) is 0 Å². The summed E-state index contributed by atoms with van der Waals surface area (Å²) < 4.78 is 27.3. The Bertz CT molecular complexity index is 273. The monoisotopic (exact) mass is 244 g/mol. The fraction of sp³-hybridized carbons (Fsp3) is 0.500. The zero-order chi connectivity index (χ0) is 9.99. The largest absolute Gasteiger partial charge is 1.00 e. The quantitative estimate of drug-likeness (QED) is 0.351. The van der Waals surface area contributed by atoms with Gasteiger partial charge in [-0.25, -0.2) is 9.13 Å². The van der Waals surface area contributed by atoms with Crippen molar-refractivity contribution in [2.75, 3.05) is 0 Å². The Balaban J connectivity index is -0.000000605. The van der Waals surface area contributed by atoms with Gasteiger partial charge in [-0.15, -0.1) is 0 Å². The number of rotatable bonds is 3. The Hall–Kier alpha value is 0.770. The number of hydrogen-bond acceptors (Lipinski definition) is 5. The third-order valence-electron chi connectivity index (χ3n) is 0.453. The standard InChI is InChI=1S/C2H6O8P2.Na.H/c1-2(3)9-12(7,8)10-11(4,5)6;;/h1H3,(H,7,8)(H2,4,5,6);;/q;+1;-1. The Labute approximate surface area is 96.9 Å². The minimum Gasteiger partial charge on any atom is -1.00 e. The molecule has 0 spiro atoms.